The largest absolute Gasteiger partial charge is 0.493 e. The normalized spacial score (nSPS) is 17.9. The highest BCUT2D eigenvalue weighted by Crippen LogP contribution is 2.33. The van der Waals surface area contributed by atoms with Gasteiger partial charge >= 0.3 is 0 Å². The molecule has 0 aliphatic carbocycles. The molecule has 8 heteroatoms. The van der Waals surface area contributed by atoms with Crippen LogP contribution in [-0.4, -0.2) is 56.0 Å². The lowest BCUT2D eigenvalue weighted by atomic mass is 10.1. The third-order valence-electron chi connectivity index (χ3n) is 5.46. The van der Waals surface area contributed by atoms with Crippen LogP contribution in [0.1, 0.15) is 23.2 Å². The minimum Gasteiger partial charge on any atom is -0.493 e. The molecule has 0 aromatic heterocycles. The molecule has 1 fully saturated rings. The van der Waals surface area contributed by atoms with Gasteiger partial charge in [0, 0.05) is 18.3 Å². The first-order valence-electron chi connectivity index (χ1n) is 9.76. The quantitative estimate of drug-likeness (QED) is 0.819. The number of carbonyl (C=O) groups is 3. The van der Waals surface area contributed by atoms with Gasteiger partial charge in [-0.3, -0.25) is 14.4 Å². The number of hydrogen-bond acceptors (Lipinski definition) is 5. The maximum Gasteiger partial charge on any atom is 0.256 e. The highest BCUT2D eigenvalue weighted by molar-refractivity contribution is 6.13. The Morgan fingerprint density at radius 2 is 1.87 bits per heavy atom. The first kappa shape index (κ1) is 19.8. The molecule has 1 saturated heterocycles. The lowest BCUT2D eigenvalue weighted by molar-refractivity contribution is -0.124. The second-order valence-electron chi connectivity index (χ2n) is 7.22. The van der Waals surface area contributed by atoms with Gasteiger partial charge in [-0.05, 0) is 37.1 Å². The van der Waals surface area contributed by atoms with Crippen LogP contribution in [0.2, 0.25) is 0 Å². The van der Waals surface area contributed by atoms with Crippen molar-refractivity contribution in [1.29, 1.82) is 0 Å². The zero-order chi connectivity index (χ0) is 21.3. The van der Waals surface area contributed by atoms with E-state index in [-0.39, 0.29) is 24.3 Å². The first-order chi connectivity index (χ1) is 14.5. The van der Waals surface area contributed by atoms with E-state index in [2.05, 4.69) is 5.32 Å². The summed E-state index contributed by atoms with van der Waals surface area (Å²) in [6.45, 7) is 0.358. The maximum absolute atomic E-state index is 13.2. The second kappa shape index (κ2) is 8.06. The molecule has 0 bridgehead atoms. The molecule has 0 radical (unpaired) electrons. The van der Waals surface area contributed by atoms with E-state index >= 15 is 0 Å². The van der Waals surface area contributed by atoms with Crippen LogP contribution >= 0.6 is 0 Å². The highest BCUT2D eigenvalue weighted by atomic mass is 16.5. The van der Waals surface area contributed by atoms with Crippen LogP contribution in [0, 0.1) is 0 Å². The molecule has 8 nitrogen and oxygen atoms in total. The molecule has 1 N–H and O–H groups in total. The molecule has 2 aromatic rings. The SMILES string of the molecule is COc1ccc(NC(=O)CN2C(=O)[C@@H]3CCCN3C(=O)c3ccccc32)cc1OC. The Morgan fingerprint density at radius 3 is 2.63 bits per heavy atom. The number of carbonyl (C=O) groups excluding carboxylic acids is 3. The molecule has 0 saturated carbocycles. The summed E-state index contributed by atoms with van der Waals surface area (Å²) in [7, 11) is 3.05. The Bertz CT molecular complexity index is 1010. The van der Waals surface area contributed by atoms with Crippen LogP contribution in [0.15, 0.2) is 42.5 Å². The third kappa shape index (κ3) is 3.45. The number of anilines is 2. The number of methoxy groups -OCH3 is 2. The molecular weight excluding hydrogens is 386 g/mol. The molecule has 2 heterocycles. The van der Waals surface area contributed by atoms with Gasteiger partial charge in [0.25, 0.3) is 5.91 Å². The van der Waals surface area contributed by atoms with E-state index in [1.165, 1.54) is 19.1 Å². The molecular formula is C22H23N3O5. The zero-order valence-electron chi connectivity index (χ0n) is 16.9. The molecule has 3 amide bonds. The minimum atomic E-state index is -0.529. The van der Waals surface area contributed by atoms with Gasteiger partial charge < -0.3 is 24.6 Å². The lowest BCUT2D eigenvalue weighted by Gasteiger charge is -2.25. The summed E-state index contributed by atoms with van der Waals surface area (Å²) in [5.74, 6) is 0.271. The number of hydrogen-bond donors (Lipinski definition) is 1. The minimum absolute atomic E-state index is 0.163. The van der Waals surface area contributed by atoms with Crippen LogP contribution in [0.3, 0.4) is 0 Å². The smallest absolute Gasteiger partial charge is 0.256 e. The van der Waals surface area contributed by atoms with Gasteiger partial charge in [-0.2, -0.15) is 0 Å². The van der Waals surface area contributed by atoms with Crippen molar-refractivity contribution in [2.45, 2.75) is 18.9 Å². The third-order valence-corrected chi connectivity index (χ3v) is 5.46. The Labute approximate surface area is 174 Å². The van der Waals surface area contributed by atoms with Crippen molar-refractivity contribution in [1.82, 2.24) is 4.90 Å². The van der Waals surface area contributed by atoms with E-state index < -0.39 is 6.04 Å². The fourth-order valence-electron chi connectivity index (χ4n) is 4.03. The molecule has 156 valence electrons. The van der Waals surface area contributed by atoms with E-state index in [1.54, 1.807) is 47.4 Å². The number of benzene rings is 2. The summed E-state index contributed by atoms with van der Waals surface area (Å²) in [6, 6.07) is 11.4. The topological polar surface area (TPSA) is 88.2 Å². The molecule has 2 aliphatic rings. The fraction of sp³-hybridized carbons (Fsp3) is 0.318. The lowest BCUT2D eigenvalue weighted by Crippen LogP contribution is -2.47. The summed E-state index contributed by atoms with van der Waals surface area (Å²) < 4.78 is 10.5. The van der Waals surface area contributed by atoms with E-state index in [0.717, 1.165) is 6.42 Å². The molecule has 2 aromatic carbocycles. The molecule has 2 aliphatic heterocycles. The van der Waals surface area contributed by atoms with Gasteiger partial charge in [-0.1, -0.05) is 12.1 Å². The molecule has 4 rings (SSSR count). The van der Waals surface area contributed by atoms with E-state index in [9.17, 15) is 14.4 Å². The Kier molecular flexibility index (Phi) is 5.31. The van der Waals surface area contributed by atoms with Crippen LogP contribution in [0.4, 0.5) is 11.4 Å². The predicted octanol–water partition coefficient (Wildman–Crippen LogP) is 2.29. The monoisotopic (exact) mass is 409 g/mol. The van der Waals surface area contributed by atoms with Gasteiger partial charge in [-0.15, -0.1) is 0 Å². The molecule has 30 heavy (non-hydrogen) atoms. The number of amides is 3. The number of ether oxygens (including phenoxy) is 2. The zero-order valence-corrected chi connectivity index (χ0v) is 16.9. The Balaban J connectivity index is 1.60. The van der Waals surface area contributed by atoms with Crippen LogP contribution < -0.4 is 19.7 Å². The number of nitrogens with zero attached hydrogens (tertiary/aromatic N) is 2. The highest BCUT2D eigenvalue weighted by Gasteiger charge is 2.42. The number of rotatable bonds is 5. The van der Waals surface area contributed by atoms with Crippen molar-refractivity contribution in [2.75, 3.05) is 37.5 Å². The Hall–Kier alpha value is -3.55. The number of fused-ring (bicyclic) bond motifs is 2. The van der Waals surface area contributed by atoms with E-state index in [4.69, 9.17) is 9.47 Å². The average molecular weight is 409 g/mol. The van der Waals surface area contributed by atoms with Crippen molar-refractivity contribution in [3.05, 3.63) is 48.0 Å². The van der Waals surface area contributed by atoms with Crippen molar-refractivity contribution in [2.24, 2.45) is 0 Å². The molecule has 0 spiro atoms. The second-order valence-corrected chi connectivity index (χ2v) is 7.22. The fourth-order valence-corrected chi connectivity index (χ4v) is 4.03. The van der Waals surface area contributed by atoms with Gasteiger partial charge in [0.2, 0.25) is 11.8 Å². The van der Waals surface area contributed by atoms with E-state index in [0.29, 0.717) is 41.4 Å². The number of nitrogens with one attached hydrogen (secondary N) is 1. The van der Waals surface area contributed by atoms with Crippen LogP contribution in [-0.2, 0) is 9.59 Å². The van der Waals surface area contributed by atoms with E-state index in [1.807, 2.05) is 0 Å². The average Bonchev–Trinajstić information content (AvgIpc) is 3.24. The van der Waals surface area contributed by atoms with Crippen molar-refractivity contribution < 1.29 is 23.9 Å². The summed E-state index contributed by atoms with van der Waals surface area (Å²) in [6.07, 6.45) is 1.38. The van der Waals surface area contributed by atoms with Gasteiger partial charge in [0.15, 0.2) is 11.5 Å². The standard InChI is InChI=1S/C22H23N3O5/c1-29-18-10-9-14(12-19(18)30-2)23-20(26)13-25-16-7-4-3-6-15(16)21(27)24-11-5-8-17(24)22(25)28/h3-4,6-7,9-10,12,17H,5,8,11,13H2,1-2H3,(H,23,26)/t17-/m0/s1. The van der Waals surface area contributed by atoms with Gasteiger partial charge in [0.05, 0.1) is 25.5 Å². The summed E-state index contributed by atoms with van der Waals surface area (Å²) in [5.41, 5.74) is 1.42. The Morgan fingerprint density at radius 1 is 1.10 bits per heavy atom. The van der Waals surface area contributed by atoms with Crippen molar-refractivity contribution in [3.63, 3.8) is 0 Å². The van der Waals surface area contributed by atoms with Crippen molar-refractivity contribution >= 4 is 29.1 Å². The van der Waals surface area contributed by atoms with Gasteiger partial charge in [-0.25, -0.2) is 0 Å². The van der Waals surface area contributed by atoms with Gasteiger partial charge in [0.1, 0.15) is 12.6 Å². The van der Waals surface area contributed by atoms with Crippen LogP contribution in [0.25, 0.3) is 0 Å². The first-order valence-corrected chi connectivity index (χ1v) is 9.76. The number of para-hydroxylation sites is 1. The summed E-state index contributed by atoms with van der Waals surface area (Å²) in [5, 5.41) is 2.79. The van der Waals surface area contributed by atoms with Crippen LogP contribution in [0.5, 0.6) is 11.5 Å². The molecule has 1 atom stereocenters. The summed E-state index contributed by atoms with van der Waals surface area (Å²) in [4.78, 5) is 42.0. The maximum atomic E-state index is 13.2. The predicted molar refractivity (Wildman–Crippen MR) is 111 cm³/mol. The summed E-state index contributed by atoms with van der Waals surface area (Å²) >= 11 is 0. The molecule has 0 unspecified atom stereocenters. The van der Waals surface area contributed by atoms with Crippen molar-refractivity contribution in [3.8, 4) is 11.5 Å².